The summed E-state index contributed by atoms with van der Waals surface area (Å²) in [5, 5.41) is 3.22. The first-order chi connectivity index (χ1) is 9.98. The van der Waals surface area contributed by atoms with Crippen LogP contribution in [0, 0.1) is 0 Å². The lowest BCUT2D eigenvalue weighted by molar-refractivity contribution is 0.204. The van der Waals surface area contributed by atoms with Crippen molar-refractivity contribution < 1.29 is 8.42 Å². The van der Waals surface area contributed by atoms with Gasteiger partial charge in [0, 0.05) is 18.6 Å². The third-order valence-electron chi connectivity index (χ3n) is 4.21. The van der Waals surface area contributed by atoms with Crippen molar-refractivity contribution in [2.45, 2.75) is 63.6 Å². The number of hydrogen-bond donors (Lipinski definition) is 1. The summed E-state index contributed by atoms with van der Waals surface area (Å²) in [6.45, 7) is 7.46. The van der Waals surface area contributed by atoms with Gasteiger partial charge in [-0.3, -0.25) is 0 Å². The second-order valence-electron chi connectivity index (χ2n) is 5.85. The van der Waals surface area contributed by atoms with Crippen LogP contribution in [0.4, 0.5) is 0 Å². The van der Waals surface area contributed by atoms with Gasteiger partial charge in [0.25, 0.3) is 0 Å². The molecule has 0 amide bonds. The van der Waals surface area contributed by atoms with E-state index in [1.807, 2.05) is 39.0 Å². The van der Waals surface area contributed by atoms with E-state index in [-0.39, 0.29) is 12.1 Å². The lowest BCUT2D eigenvalue weighted by Crippen LogP contribution is -2.47. The van der Waals surface area contributed by atoms with Crippen molar-refractivity contribution in [1.82, 2.24) is 9.62 Å². The van der Waals surface area contributed by atoms with Crippen molar-refractivity contribution in [2.24, 2.45) is 0 Å². The molecule has 2 atom stereocenters. The minimum atomic E-state index is -3.43. The van der Waals surface area contributed by atoms with E-state index in [9.17, 15) is 8.42 Å². The van der Waals surface area contributed by atoms with Gasteiger partial charge in [-0.2, -0.15) is 4.31 Å². The molecular weight excluding hydrogens is 284 g/mol. The number of rotatable bonds is 5. The molecule has 0 bridgehead atoms. The van der Waals surface area contributed by atoms with Crippen molar-refractivity contribution in [1.29, 1.82) is 0 Å². The Morgan fingerprint density at radius 2 is 1.81 bits per heavy atom. The topological polar surface area (TPSA) is 49.4 Å². The smallest absolute Gasteiger partial charge is 0.243 e. The molecule has 1 aliphatic rings. The van der Waals surface area contributed by atoms with Crippen LogP contribution in [0.15, 0.2) is 29.2 Å². The van der Waals surface area contributed by atoms with Crippen LogP contribution in [0.3, 0.4) is 0 Å². The van der Waals surface area contributed by atoms with Gasteiger partial charge in [0.2, 0.25) is 10.0 Å². The van der Waals surface area contributed by atoms with Crippen LogP contribution in [0.2, 0.25) is 0 Å². The Hall–Kier alpha value is -0.910. The Labute approximate surface area is 128 Å². The summed E-state index contributed by atoms with van der Waals surface area (Å²) in [5.41, 5.74) is 0.851. The van der Waals surface area contributed by atoms with Gasteiger partial charge in [-0.1, -0.05) is 31.5 Å². The lowest BCUT2D eigenvalue weighted by atomic mass is 10.0. The summed E-state index contributed by atoms with van der Waals surface area (Å²) in [5.74, 6) is 0. The van der Waals surface area contributed by atoms with Gasteiger partial charge in [-0.15, -0.1) is 0 Å². The molecule has 0 saturated carbocycles. The van der Waals surface area contributed by atoms with Crippen molar-refractivity contribution in [3.8, 4) is 0 Å². The van der Waals surface area contributed by atoms with Crippen LogP contribution in [-0.4, -0.2) is 31.4 Å². The van der Waals surface area contributed by atoms with Crippen LogP contribution >= 0.6 is 0 Å². The maximum absolute atomic E-state index is 13.1. The van der Waals surface area contributed by atoms with Crippen molar-refractivity contribution in [2.75, 3.05) is 6.54 Å². The average molecular weight is 310 g/mol. The van der Waals surface area contributed by atoms with Crippen molar-refractivity contribution in [3.63, 3.8) is 0 Å². The molecule has 5 heteroatoms. The highest BCUT2D eigenvalue weighted by Crippen LogP contribution is 2.30. The van der Waals surface area contributed by atoms with Gasteiger partial charge in [-0.25, -0.2) is 8.42 Å². The van der Waals surface area contributed by atoms with E-state index in [2.05, 4.69) is 5.32 Å². The maximum atomic E-state index is 13.1. The van der Waals surface area contributed by atoms with E-state index in [4.69, 9.17) is 0 Å². The SMILES string of the molecule is CCNCc1ccccc1S(=O)(=O)N1[C@H](C)CCC[C@@H]1C. The molecule has 0 aliphatic carbocycles. The summed E-state index contributed by atoms with van der Waals surface area (Å²) in [6, 6.07) is 7.48. The minimum Gasteiger partial charge on any atom is -0.313 e. The molecule has 0 radical (unpaired) electrons. The van der Waals surface area contributed by atoms with E-state index >= 15 is 0 Å². The number of nitrogens with one attached hydrogen (secondary N) is 1. The van der Waals surface area contributed by atoms with E-state index in [0.717, 1.165) is 31.4 Å². The largest absolute Gasteiger partial charge is 0.313 e. The monoisotopic (exact) mass is 310 g/mol. The first-order valence-electron chi connectivity index (χ1n) is 7.80. The molecule has 1 aromatic rings. The Morgan fingerprint density at radius 3 is 2.43 bits per heavy atom. The van der Waals surface area contributed by atoms with Gasteiger partial charge in [0.1, 0.15) is 0 Å². The highest BCUT2D eigenvalue weighted by molar-refractivity contribution is 7.89. The van der Waals surface area contributed by atoms with Gasteiger partial charge in [-0.05, 0) is 44.9 Å². The third-order valence-corrected chi connectivity index (χ3v) is 6.44. The van der Waals surface area contributed by atoms with Crippen LogP contribution in [-0.2, 0) is 16.6 Å². The summed E-state index contributed by atoms with van der Waals surface area (Å²) in [6.07, 6.45) is 2.99. The Kier molecular flexibility index (Phi) is 5.41. The Balaban J connectivity index is 2.39. The average Bonchev–Trinajstić information content (AvgIpc) is 2.45. The number of piperidine rings is 1. The maximum Gasteiger partial charge on any atom is 0.243 e. The van der Waals surface area contributed by atoms with Gasteiger partial charge in [0.15, 0.2) is 0 Å². The highest BCUT2D eigenvalue weighted by Gasteiger charge is 2.36. The fraction of sp³-hybridized carbons (Fsp3) is 0.625. The molecule has 118 valence electrons. The van der Waals surface area contributed by atoms with E-state index in [1.54, 1.807) is 10.4 Å². The second-order valence-corrected chi connectivity index (χ2v) is 7.66. The van der Waals surface area contributed by atoms with Gasteiger partial charge < -0.3 is 5.32 Å². The van der Waals surface area contributed by atoms with Gasteiger partial charge >= 0.3 is 0 Å². The number of benzene rings is 1. The Bertz CT molecular complexity index is 561. The van der Waals surface area contributed by atoms with Crippen LogP contribution < -0.4 is 5.32 Å². The third kappa shape index (κ3) is 3.47. The number of sulfonamides is 1. The molecule has 0 aromatic heterocycles. The molecule has 0 spiro atoms. The molecule has 1 fully saturated rings. The first-order valence-corrected chi connectivity index (χ1v) is 9.24. The van der Waals surface area contributed by atoms with Crippen LogP contribution in [0.25, 0.3) is 0 Å². The van der Waals surface area contributed by atoms with Gasteiger partial charge in [0.05, 0.1) is 4.90 Å². The highest BCUT2D eigenvalue weighted by atomic mass is 32.2. The molecule has 1 saturated heterocycles. The summed E-state index contributed by atoms with van der Waals surface area (Å²) < 4.78 is 27.9. The summed E-state index contributed by atoms with van der Waals surface area (Å²) in [4.78, 5) is 0.451. The zero-order chi connectivity index (χ0) is 15.5. The zero-order valence-corrected chi connectivity index (χ0v) is 14.0. The molecule has 1 aromatic carbocycles. The fourth-order valence-electron chi connectivity index (χ4n) is 3.15. The molecule has 0 unspecified atom stereocenters. The quantitative estimate of drug-likeness (QED) is 0.910. The molecule has 21 heavy (non-hydrogen) atoms. The predicted octanol–water partition coefficient (Wildman–Crippen LogP) is 2.75. The zero-order valence-electron chi connectivity index (χ0n) is 13.2. The molecular formula is C16H26N2O2S. The molecule has 1 aliphatic heterocycles. The summed E-state index contributed by atoms with van der Waals surface area (Å²) in [7, 11) is -3.43. The Morgan fingerprint density at radius 1 is 1.19 bits per heavy atom. The molecule has 1 N–H and O–H groups in total. The van der Waals surface area contributed by atoms with Crippen molar-refractivity contribution in [3.05, 3.63) is 29.8 Å². The number of hydrogen-bond acceptors (Lipinski definition) is 3. The van der Waals surface area contributed by atoms with Crippen molar-refractivity contribution >= 4 is 10.0 Å². The minimum absolute atomic E-state index is 0.0749. The molecule has 4 nitrogen and oxygen atoms in total. The van der Waals surface area contributed by atoms with Crippen LogP contribution in [0.1, 0.15) is 45.6 Å². The summed E-state index contributed by atoms with van der Waals surface area (Å²) >= 11 is 0. The second kappa shape index (κ2) is 6.90. The van der Waals surface area contributed by atoms with E-state index in [0.29, 0.717) is 11.4 Å². The van der Waals surface area contributed by atoms with E-state index in [1.165, 1.54) is 0 Å². The normalized spacial score (nSPS) is 24.1. The molecule has 1 heterocycles. The van der Waals surface area contributed by atoms with E-state index < -0.39 is 10.0 Å². The molecule has 2 rings (SSSR count). The van der Waals surface area contributed by atoms with Crippen LogP contribution in [0.5, 0.6) is 0 Å². The fourth-order valence-corrected chi connectivity index (χ4v) is 5.25. The lowest BCUT2D eigenvalue weighted by Gasteiger charge is -2.38. The first kappa shape index (κ1) is 16.5. The number of nitrogens with zero attached hydrogens (tertiary/aromatic N) is 1. The standard InChI is InChI=1S/C16H26N2O2S/c1-4-17-12-15-10-5-6-11-16(15)21(19,20)18-13(2)8-7-9-14(18)3/h5-6,10-11,13-14,17H,4,7-9,12H2,1-3H3/t13-,14+. The predicted molar refractivity (Wildman–Crippen MR) is 85.6 cm³/mol.